The van der Waals surface area contributed by atoms with Gasteiger partial charge in [0.1, 0.15) is 17.3 Å². The van der Waals surface area contributed by atoms with Crippen LogP contribution in [0.2, 0.25) is 0 Å². The number of aryl methyl sites for hydroxylation is 1. The van der Waals surface area contributed by atoms with Crippen molar-refractivity contribution in [2.75, 3.05) is 45.3 Å². The van der Waals surface area contributed by atoms with Crippen molar-refractivity contribution < 1.29 is 18.7 Å². The van der Waals surface area contributed by atoms with Gasteiger partial charge in [-0.3, -0.25) is 4.79 Å². The molecule has 1 saturated heterocycles. The number of hydrogen-bond donors (Lipinski definition) is 0. The third-order valence-corrected chi connectivity index (χ3v) is 4.86. The Morgan fingerprint density at radius 1 is 0.963 bits per heavy atom. The Morgan fingerprint density at radius 2 is 1.56 bits per heavy atom. The molecule has 2 aromatic rings. The number of nitrogens with zero attached hydrogens (tertiary/aromatic N) is 2. The van der Waals surface area contributed by atoms with Crippen molar-refractivity contribution in [3.05, 3.63) is 53.8 Å². The van der Waals surface area contributed by atoms with Gasteiger partial charge >= 0.3 is 0 Å². The quantitative estimate of drug-likeness (QED) is 0.781. The Balaban J connectivity index is 1.52. The van der Waals surface area contributed by atoms with E-state index in [1.165, 1.54) is 12.1 Å². The summed E-state index contributed by atoms with van der Waals surface area (Å²) in [6, 6.07) is 12.2. The Labute approximate surface area is 159 Å². The van der Waals surface area contributed by atoms with Crippen LogP contribution in [-0.2, 0) is 11.2 Å². The molecule has 0 aromatic heterocycles. The summed E-state index contributed by atoms with van der Waals surface area (Å²) in [5.74, 6) is 1.37. The lowest BCUT2D eigenvalue weighted by atomic mass is 10.1. The first-order valence-corrected chi connectivity index (χ1v) is 9.09. The molecule has 6 heteroatoms. The van der Waals surface area contributed by atoms with E-state index in [0.717, 1.165) is 35.8 Å². The fourth-order valence-electron chi connectivity index (χ4n) is 3.29. The van der Waals surface area contributed by atoms with Gasteiger partial charge in [0, 0.05) is 44.4 Å². The summed E-state index contributed by atoms with van der Waals surface area (Å²) in [5.41, 5.74) is 2.01. The van der Waals surface area contributed by atoms with Crippen LogP contribution in [0.25, 0.3) is 0 Å². The van der Waals surface area contributed by atoms with Crippen LogP contribution in [0.4, 0.5) is 10.1 Å². The van der Waals surface area contributed by atoms with Crippen molar-refractivity contribution in [2.24, 2.45) is 0 Å². The number of methoxy groups -OCH3 is 2. The Morgan fingerprint density at radius 3 is 2.11 bits per heavy atom. The number of ether oxygens (including phenoxy) is 2. The maximum absolute atomic E-state index is 13.1. The van der Waals surface area contributed by atoms with Crippen molar-refractivity contribution in [3.63, 3.8) is 0 Å². The molecule has 1 aliphatic rings. The van der Waals surface area contributed by atoms with Gasteiger partial charge in [0.2, 0.25) is 5.91 Å². The van der Waals surface area contributed by atoms with Crippen molar-refractivity contribution in [3.8, 4) is 11.5 Å². The van der Waals surface area contributed by atoms with Crippen molar-refractivity contribution in [2.45, 2.75) is 12.8 Å². The minimum atomic E-state index is -0.235. The fraction of sp³-hybridized carbons (Fsp3) is 0.381. The van der Waals surface area contributed by atoms with Crippen LogP contribution >= 0.6 is 0 Å². The highest BCUT2D eigenvalue weighted by Crippen LogP contribution is 2.24. The molecule has 1 heterocycles. The van der Waals surface area contributed by atoms with E-state index in [0.29, 0.717) is 25.9 Å². The zero-order valence-corrected chi connectivity index (χ0v) is 15.8. The number of rotatable bonds is 6. The van der Waals surface area contributed by atoms with Gasteiger partial charge in [-0.15, -0.1) is 0 Å². The average molecular weight is 372 g/mol. The van der Waals surface area contributed by atoms with E-state index in [-0.39, 0.29) is 11.7 Å². The largest absolute Gasteiger partial charge is 0.497 e. The molecule has 0 saturated carbocycles. The molecule has 1 amide bonds. The average Bonchev–Trinajstić information content (AvgIpc) is 2.72. The van der Waals surface area contributed by atoms with Gasteiger partial charge in [-0.2, -0.15) is 0 Å². The van der Waals surface area contributed by atoms with E-state index in [4.69, 9.17) is 9.47 Å². The predicted octanol–water partition coefficient (Wildman–Crippen LogP) is 3.12. The second kappa shape index (κ2) is 8.75. The van der Waals surface area contributed by atoms with Gasteiger partial charge in [-0.1, -0.05) is 0 Å². The number of carbonyl (C=O) groups excluding carboxylic acids is 1. The maximum Gasteiger partial charge on any atom is 0.223 e. The molecule has 2 aromatic carbocycles. The molecule has 1 fully saturated rings. The first-order chi connectivity index (χ1) is 13.1. The van der Waals surface area contributed by atoms with E-state index >= 15 is 0 Å². The smallest absolute Gasteiger partial charge is 0.223 e. The summed E-state index contributed by atoms with van der Waals surface area (Å²) in [7, 11) is 3.23. The molecule has 144 valence electrons. The molecular formula is C21H25FN2O3. The number of carbonyl (C=O) groups is 1. The zero-order chi connectivity index (χ0) is 19.2. The normalized spacial score (nSPS) is 14.2. The number of amides is 1. The van der Waals surface area contributed by atoms with Crippen LogP contribution in [0.15, 0.2) is 42.5 Å². The Hall–Kier alpha value is -2.76. The molecule has 0 N–H and O–H groups in total. The highest BCUT2D eigenvalue weighted by atomic mass is 19.1. The number of piperazine rings is 1. The minimum Gasteiger partial charge on any atom is -0.497 e. The summed E-state index contributed by atoms with van der Waals surface area (Å²) in [6.07, 6.45) is 1.09. The summed E-state index contributed by atoms with van der Waals surface area (Å²) < 4.78 is 23.6. The van der Waals surface area contributed by atoms with Crippen LogP contribution in [0.1, 0.15) is 12.0 Å². The lowest BCUT2D eigenvalue weighted by Gasteiger charge is -2.36. The third-order valence-electron chi connectivity index (χ3n) is 4.86. The van der Waals surface area contributed by atoms with Gasteiger partial charge in [-0.25, -0.2) is 4.39 Å². The molecule has 5 nitrogen and oxygen atoms in total. The van der Waals surface area contributed by atoms with E-state index in [9.17, 15) is 9.18 Å². The van der Waals surface area contributed by atoms with E-state index < -0.39 is 0 Å². The van der Waals surface area contributed by atoms with Gasteiger partial charge in [0.15, 0.2) is 0 Å². The van der Waals surface area contributed by atoms with Crippen LogP contribution in [0, 0.1) is 5.82 Å². The SMILES string of the molecule is COc1cc(CCC(=O)N2CCN(c3ccc(F)cc3)CC2)cc(OC)c1. The molecular weight excluding hydrogens is 347 g/mol. The van der Waals surface area contributed by atoms with Gasteiger partial charge in [0.05, 0.1) is 14.2 Å². The maximum atomic E-state index is 13.1. The molecule has 0 atom stereocenters. The molecule has 0 bridgehead atoms. The lowest BCUT2D eigenvalue weighted by molar-refractivity contribution is -0.131. The minimum absolute atomic E-state index is 0.149. The van der Waals surface area contributed by atoms with Gasteiger partial charge in [0.25, 0.3) is 0 Å². The monoisotopic (exact) mass is 372 g/mol. The zero-order valence-electron chi connectivity index (χ0n) is 15.8. The predicted molar refractivity (Wildman–Crippen MR) is 103 cm³/mol. The highest BCUT2D eigenvalue weighted by molar-refractivity contribution is 5.77. The number of halogens is 1. The van der Waals surface area contributed by atoms with E-state index in [1.54, 1.807) is 26.4 Å². The Bertz CT molecular complexity index is 749. The van der Waals surface area contributed by atoms with Crippen LogP contribution in [0.3, 0.4) is 0 Å². The number of anilines is 1. The highest BCUT2D eigenvalue weighted by Gasteiger charge is 2.21. The number of benzene rings is 2. The number of hydrogen-bond acceptors (Lipinski definition) is 4. The van der Waals surface area contributed by atoms with E-state index in [2.05, 4.69) is 4.90 Å². The molecule has 0 spiro atoms. The fourth-order valence-corrected chi connectivity index (χ4v) is 3.29. The topological polar surface area (TPSA) is 42.0 Å². The van der Waals surface area contributed by atoms with Crippen LogP contribution < -0.4 is 14.4 Å². The van der Waals surface area contributed by atoms with E-state index in [1.807, 2.05) is 23.1 Å². The first-order valence-electron chi connectivity index (χ1n) is 9.09. The second-order valence-electron chi connectivity index (χ2n) is 6.57. The summed E-state index contributed by atoms with van der Waals surface area (Å²) in [4.78, 5) is 16.6. The molecule has 27 heavy (non-hydrogen) atoms. The molecule has 0 unspecified atom stereocenters. The molecule has 0 aliphatic carbocycles. The lowest BCUT2D eigenvalue weighted by Crippen LogP contribution is -2.48. The van der Waals surface area contributed by atoms with Crippen LogP contribution in [0.5, 0.6) is 11.5 Å². The molecule has 1 aliphatic heterocycles. The van der Waals surface area contributed by atoms with Gasteiger partial charge in [-0.05, 0) is 48.4 Å². The van der Waals surface area contributed by atoms with Crippen molar-refractivity contribution in [1.29, 1.82) is 0 Å². The summed E-state index contributed by atoms with van der Waals surface area (Å²) in [5, 5.41) is 0. The third kappa shape index (κ3) is 4.90. The second-order valence-corrected chi connectivity index (χ2v) is 6.57. The first kappa shape index (κ1) is 19.0. The van der Waals surface area contributed by atoms with Gasteiger partial charge < -0.3 is 19.3 Å². The molecule has 0 radical (unpaired) electrons. The van der Waals surface area contributed by atoms with Crippen molar-refractivity contribution in [1.82, 2.24) is 4.90 Å². The summed E-state index contributed by atoms with van der Waals surface area (Å²) >= 11 is 0. The van der Waals surface area contributed by atoms with Crippen LogP contribution in [-0.4, -0.2) is 51.2 Å². The molecule has 3 rings (SSSR count). The van der Waals surface area contributed by atoms with Crippen molar-refractivity contribution >= 4 is 11.6 Å². The standard InChI is InChI=1S/C21H25FN2O3/c1-26-19-13-16(14-20(15-19)27-2)3-8-21(25)24-11-9-23(10-12-24)18-6-4-17(22)5-7-18/h4-7,13-15H,3,8-12H2,1-2H3. The summed E-state index contributed by atoms with van der Waals surface area (Å²) in [6.45, 7) is 2.87. The Kier molecular flexibility index (Phi) is 6.16.